The smallest absolute Gasteiger partial charge is 0.243 e. The lowest BCUT2D eigenvalue weighted by molar-refractivity contribution is 0.585. The second-order valence-electron chi connectivity index (χ2n) is 3.34. The van der Waals surface area contributed by atoms with Gasteiger partial charge in [-0.25, -0.2) is 13.1 Å². The van der Waals surface area contributed by atoms with E-state index in [1.807, 2.05) is 0 Å². The van der Waals surface area contributed by atoms with Crippen molar-refractivity contribution < 1.29 is 8.42 Å². The Morgan fingerprint density at radius 2 is 2.19 bits per heavy atom. The molecule has 0 atom stereocenters. The van der Waals surface area contributed by atoms with Gasteiger partial charge in [0, 0.05) is 11.0 Å². The highest BCUT2D eigenvalue weighted by atomic mass is 79.9. The van der Waals surface area contributed by atoms with Crippen LogP contribution in [0, 0.1) is 6.92 Å². The summed E-state index contributed by atoms with van der Waals surface area (Å²) in [5, 5.41) is 0. The van der Waals surface area contributed by atoms with Crippen LogP contribution in [0.15, 0.2) is 34.2 Å². The average molecular weight is 305 g/mol. The fourth-order valence-corrected chi connectivity index (χ4v) is 2.99. The molecule has 1 rings (SSSR count). The Kier molecular flexibility index (Phi) is 4.12. The van der Waals surface area contributed by atoms with Crippen molar-refractivity contribution in [2.24, 2.45) is 0 Å². The quantitative estimate of drug-likeness (QED) is 0.833. The first-order valence-electron chi connectivity index (χ1n) is 4.52. The first-order chi connectivity index (χ1) is 7.34. The largest absolute Gasteiger partial charge is 0.398 e. The summed E-state index contributed by atoms with van der Waals surface area (Å²) in [7, 11) is -3.58. The molecule has 1 aromatic rings. The predicted molar refractivity (Wildman–Crippen MR) is 68.8 cm³/mol. The number of nitrogens with one attached hydrogen (secondary N) is 1. The number of nitrogen functional groups attached to an aromatic ring is 1. The minimum Gasteiger partial charge on any atom is -0.398 e. The van der Waals surface area contributed by atoms with Crippen molar-refractivity contribution in [2.45, 2.75) is 11.8 Å². The molecule has 0 spiro atoms. The Balaban J connectivity index is 3.12. The van der Waals surface area contributed by atoms with E-state index >= 15 is 0 Å². The Labute approximate surface area is 104 Å². The first kappa shape index (κ1) is 13.2. The van der Waals surface area contributed by atoms with Gasteiger partial charge in [-0.2, -0.15) is 0 Å². The standard InChI is InChI=1S/C10H13BrN2O2S/c1-7-4-3-5-9(12)10(7)16(14,15)13-6-8(2)11/h3-5,13H,2,6,12H2,1H3. The minimum atomic E-state index is -3.58. The lowest BCUT2D eigenvalue weighted by atomic mass is 10.2. The van der Waals surface area contributed by atoms with Crippen LogP contribution in [0.1, 0.15) is 5.56 Å². The highest BCUT2D eigenvalue weighted by Gasteiger charge is 2.19. The van der Waals surface area contributed by atoms with E-state index in [0.717, 1.165) is 0 Å². The van der Waals surface area contributed by atoms with Crippen molar-refractivity contribution in [3.05, 3.63) is 34.8 Å². The molecule has 16 heavy (non-hydrogen) atoms. The maximum Gasteiger partial charge on any atom is 0.243 e. The number of hydrogen-bond acceptors (Lipinski definition) is 3. The van der Waals surface area contributed by atoms with Gasteiger partial charge in [0.2, 0.25) is 10.0 Å². The molecule has 0 aliphatic heterocycles. The van der Waals surface area contributed by atoms with Crippen molar-refractivity contribution in [3.63, 3.8) is 0 Å². The van der Waals surface area contributed by atoms with Crippen LogP contribution in [-0.2, 0) is 10.0 Å². The molecule has 0 aliphatic rings. The average Bonchev–Trinajstić information content (AvgIpc) is 2.14. The van der Waals surface area contributed by atoms with Crippen molar-refractivity contribution >= 4 is 31.6 Å². The van der Waals surface area contributed by atoms with Crippen LogP contribution in [0.25, 0.3) is 0 Å². The Bertz CT molecular complexity index is 491. The van der Waals surface area contributed by atoms with Gasteiger partial charge in [-0.05, 0) is 18.6 Å². The molecule has 0 heterocycles. The van der Waals surface area contributed by atoms with Gasteiger partial charge in [0.05, 0.1) is 5.69 Å². The summed E-state index contributed by atoms with van der Waals surface area (Å²) in [5.41, 5.74) is 6.52. The molecule has 0 aromatic heterocycles. The number of halogens is 1. The fourth-order valence-electron chi connectivity index (χ4n) is 1.29. The number of nitrogens with two attached hydrogens (primary N) is 1. The molecule has 0 radical (unpaired) electrons. The van der Waals surface area contributed by atoms with Gasteiger partial charge in [-0.1, -0.05) is 34.6 Å². The predicted octanol–water partition coefficient (Wildman–Crippen LogP) is 1.76. The summed E-state index contributed by atoms with van der Waals surface area (Å²) in [6.07, 6.45) is 0. The van der Waals surface area contributed by atoms with Crippen LogP contribution >= 0.6 is 15.9 Å². The van der Waals surface area contributed by atoms with Crippen molar-refractivity contribution in [1.29, 1.82) is 0 Å². The summed E-state index contributed by atoms with van der Waals surface area (Å²) in [5.74, 6) is 0. The van der Waals surface area contributed by atoms with E-state index in [0.29, 0.717) is 10.0 Å². The maximum absolute atomic E-state index is 11.9. The Morgan fingerprint density at radius 3 is 2.69 bits per heavy atom. The van der Waals surface area contributed by atoms with Crippen LogP contribution in [0.5, 0.6) is 0 Å². The zero-order valence-corrected chi connectivity index (χ0v) is 11.2. The van der Waals surface area contributed by atoms with Crippen LogP contribution in [0.3, 0.4) is 0 Å². The molecule has 0 saturated heterocycles. The number of sulfonamides is 1. The molecular formula is C10H13BrN2O2S. The number of rotatable bonds is 4. The summed E-state index contributed by atoms with van der Waals surface area (Å²) in [6, 6.07) is 4.98. The minimum absolute atomic E-state index is 0.128. The van der Waals surface area contributed by atoms with E-state index in [2.05, 4.69) is 27.2 Å². The van der Waals surface area contributed by atoms with Crippen molar-refractivity contribution in [1.82, 2.24) is 4.72 Å². The molecule has 0 saturated carbocycles. The van der Waals surface area contributed by atoms with E-state index in [4.69, 9.17) is 5.73 Å². The van der Waals surface area contributed by atoms with Crippen LogP contribution < -0.4 is 10.5 Å². The number of anilines is 1. The van der Waals surface area contributed by atoms with Crippen LogP contribution in [-0.4, -0.2) is 15.0 Å². The zero-order chi connectivity index (χ0) is 12.3. The molecule has 4 nitrogen and oxygen atoms in total. The molecule has 0 bridgehead atoms. The normalized spacial score (nSPS) is 11.4. The lowest BCUT2D eigenvalue weighted by Crippen LogP contribution is -2.26. The van der Waals surface area contributed by atoms with Gasteiger partial charge in [0.15, 0.2) is 0 Å². The number of hydrogen-bond donors (Lipinski definition) is 2. The summed E-state index contributed by atoms with van der Waals surface area (Å²) >= 11 is 3.08. The molecule has 1 aromatic carbocycles. The van der Waals surface area contributed by atoms with Crippen LogP contribution in [0.2, 0.25) is 0 Å². The third-order valence-corrected chi connectivity index (χ3v) is 3.86. The van der Waals surface area contributed by atoms with E-state index in [-0.39, 0.29) is 17.1 Å². The molecule has 88 valence electrons. The van der Waals surface area contributed by atoms with E-state index in [1.165, 1.54) is 0 Å². The Hall–Kier alpha value is -0.850. The second kappa shape index (κ2) is 4.99. The van der Waals surface area contributed by atoms with Gasteiger partial charge < -0.3 is 5.73 Å². The summed E-state index contributed by atoms with van der Waals surface area (Å²) < 4.78 is 26.8. The number of aryl methyl sites for hydroxylation is 1. The highest BCUT2D eigenvalue weighted by Crippen LogP contribution is 2.22. The van der Waals surface area contributed by atoms with E-state index in [9.17, 15) is 8.42 Å². The third kappa shape index (κ3) is 3.07. The highest BCUT2D eigenvalue weighted by molar-refractivity contribution is 9.11. The lowest BCUT2D eigenvalue weighted by Gasteiger charge is -2.11. The molecule has 6 heteroatoms. The third-order valence-electron chi connectivity index (χ3n) is 1.97. The van der Waals surface area contributed by atoms with Gasteiger partial charge in [-0.15, -0.1) is 0 Å². The van der Waals surface area contributed by atoms with Gasteiger partial charge in [-0.3, -0.25) is 0 Å². The summed E-state index contributed by atoms with van der Waals surface area (Å²) in [4.78, 5) is 0.128. The molecule has 0 aliphatic carbocycles. The van der Waals surface area contributed by atoms with Crippen molar-refractivity contribution in [3.8, 4) is 0 Å². The second-order valence-corrected chi connectivity index (χ2v) is 6.16. The fraction of sp³-hybridized carbons (Fsp3) is 0.200. The monoisotopic (exact) mass is 304 g/mol. The molecule has 0 unspecified atom stereocenters. The van der Waals surface area contributed by atoms with E-state index in [1.54, 1.807) is 25.1 Å². The van der Waals surface area contributed by atoms with Gasteiger partial charge >= 0.3 is 0 Å². The maximum atomic E-state index is 11.9. The first-order valence-corrected chi connectivity index (χ1v) is 6.80. The number of benzene rings is 1. The Morgan fingerprint density at radius 1 is 1.56 bits per heavy atom. The summed E-state index contributed by atoms with van der Waals surface area (Å²) in [6.45, 7) is 5.39. The zero-order valence-electron chi connectivity index (χ0n) is 8.83. The van der Waals surface area contributed by atoms with Gasteiger partial charge in [0.1, 0.15) is 4.90 Å². The van der Waals surface area contributed by atoms with Crippen molar-refractivity contribution in [2.75, 3.05) is 12.3 Å². The molecule has 0 amide bonds. The molecule has 3 N–H and O–H groups in total. The topological polar surface area (TPSA) is 72.2 Å². The van der Waals surface area contributed by atoms with E-state index < -0.39 is 10.0 Å². The van der Waals surface area contributed by atoms with Crippen LogP contribution in [0.4, 0.5) is 5.69 Å². The SMILES string of the molecule is C=C(Br)CNS(=O)(=O)c1c(C)cccc1N. The molecule has 0 fully saturated rings. The molecular weight excluding hydrogens is 292 g/mol. The van der Waals surface area contributed by atoms with Gasteiger partial charge in [0.25, 0.3) is 0 Å².